The lowest BCUT2D eigenvalue weighted by atomic mass is 9.97. The second-order valence-corrected chi connectivity index (χ2v) is 8.56. The minimum absolute atomic E-state index is 0.0864. The maximum atomic E-state index is 12.7. The summed E-state index contributed by atoms with van der Waals surface area (Å²) in [5.41, 5.74) is 1.33. The molecule has 3 saturated heterocycles. The van der Waals surface area contributed by atoms with E-state index >= 15 is 0 Å². The number of methoxy groups -OCH3 is 1. The van der Waals surface area contributed by atoms with E-state index in [1.54, 1.807) is 24.1 Å². The number of anilines is 2. The van der Waals surface area contributed by atoms with Crippen molar-refractivity contribution in [2.45, 2.75) is 31.7 Å². The minimum Gasteiger partial charge on any atom is -0.495 e. The third-order valence-electron chi connectivity index (χ3n) is 6.55. The average molecular weight is 447 g/mol. The van der Waals surface area contributed by atoms with Gasteiger partial charge in [0, 0.05) is 56.9 Å². The largest absolute Gasteiger partial charge is 0.495 e. The van der Waals surface area contributed by atoms with Gasteiger partial charge in [-0.25, -0.2) is 4.79 Å². The Kier molecular flexibility index (Phi) is 7.83. The van der Waals surface area contributed by atoms with Gasteiger partial charge in [-0.1, -0.05) is 0 Å². The fraction of sp³-hybridized carbons (Fsp3) is 0.652. The van der Waals surface area contributed by atoms with E-state index in [1.165, 1.54) is 0 Å². The Morgan fingerprint density at radius 2 is 2.03 bits per heavy atom. The summed E-state index contributed by atoms with van der Waals surface area (Å²) in [6, 6.07) is 5.36. The van der Waals surface area contributed by atoms with E-state index in [1.807, 2.05) is 6.07 Å². The highest BCUT2D eigenvalue weighted by Gasteiger charge is 2.32. The van der Waals surface area contributed by atoms with Gasteiger partial charge in [0.15, 0.2) is 0 Å². The molecule has 0 aromatic heterocycles. The molecule has 1 aromatic rings. The SMILES string of the molecule is COc1ccc(NC(=O)NC[C@H]([C@H]2CCOC2)N2CCOCC2)cc1N1CCCCC1=O. The molecule has 3 amide bonds. The summed E-state index contributed by atoms with van der Waals surface area (Å²) in [6.45, 7) is 5.91. The predicted molar refractivity (Wildman–Crippen MR) is 121 cm³/mol. The van der Waals surface area contributed by atoms with Crippen molar-refractivity contribution in [2.75, 3.05) is 69.9 Å². The van der Waals surface area contributed by atoms with Crippen molar-refractivity contribution in [1.82, 2.24) is 10.2 Å². The van der Waals surface area contributed by atoms with Crippen molar-refractivity contribution >= 4 is 23.3 Å². The van der Waals surface area contributed by atoms with E-state index in [4.69, 9.17) is 14.2 Å². The molecule has 9 nitrogen and oxygen atoms in total. The quantitative estimate of drug-likeness (QED) is 0.666. The zero-order valence-corrected chi connectivity index (χ0v) is 18.8. The van der Waals surface area contributed by atoms with Gasteiger partial charge in [-0.2, -0.15) is 0 Å². The number of nitrogens with zero attached hydrogens (tertiary/aromatic N) is 2. The first kappa shape index (κ1) is 22.8. The highest BCUT2D eigenvalue weighted by atomic mass is 16.5. The summed E-state index contributed by atoms with van der Waals surface area (Å²) in [4.78, 5) is 29.3. The zero-order chi connectivity index (χ0) is 22.3. The molecular weight excluding hydrogens is 412 g/mol. The molecule has 1 aromatic carbocycles. The molecule has 0 bridgehead atoms. The van der Waals surface area contributed by atoms with Gasteiger partial charge >= 0.3 is 6.03 Å². The summed E-state index contributed by atoms with van der Waals surface area (Å²) in [6.07, 6.45) is 3.42. The third-order valence-corrected chi connectivity index (χ3v) is 6.55. The van der Waals surface area contributed by atoms with Gasteiger partial charge in [-0.05, 0) is 37.5 Å². The van der Waals surface area contributed by atoms with E-state index in [0.717, 1.165) is 58.8 Å². The topological polar surface area (TPSA) is 92.4 Å². The number of benzene rings is 1. The van der Waals surface area contributed by atoms with Crippen LogP contribution in [0.5, 0.6) is 5.75 Å². The Morgan fingerprint density at radius 1 is 1.19 bits per heavy atom. The molecule has 2 N–H and O–H groups in total. The molecular formula is C23H34N4O5. The maximum absolute atomic E-state index is 12.7. The number of piperidine rings is 1. The number of carbonyl (C=O) groups is 2. The van der Waals surface area contributed by atoms with Crippen LogP contribution in [-0.2, 0) is 14.3 Å². The second-order valence-electron chi connectivity index (χ2n) is 8.56. The molecule has 32 heavy (non-hydrogen) atoms. The summed E-state index contributed by atoms with van der Waals surface area (Å²) in [7, 11) is 1.59. The first-order valence-corrected chi connectivity index (χ1v) is 11.6. The molecule has 4 rings (SSSR count). The lowest BCUT2D eigenvalue weighted by Gasteiger charge is -2.37. The first-order chi connectivity index (χ1) is 15.7. The molecule has 0 spiro atoms. The number of hydrogen-bond acceptors (Lipinski definition) is 6. The smallest absolute Gasteiger partial charge is 0.319 e. The van der Waals surface area contributed by atoms with Crippen LogP contribution in [0, 0.1) is 5.92 Å². The van der Waals surface area contributed by atoms with Crippen molar-refractivity contribution < 1.29 is 23.8 Å². The van der Waals surface area contributed by atoms with Gasteiger partial charge in [0.05, 0.1) is 32.6 Å². The normalized spacial score (nSPS) is 23.1. The van der Waals surface area contributed by atoms with Crippen molar-refractivity contribution in [3.63, 3.8) is 0 Å². The summed E-state index contributed by atoms with van der Waals surface area (Å²) in [5, 5.41) is 5.96. The first-order valence-electron chi connectivity index (χ1n) is 11.6. The Labute approximate surface area is 189 Å². The third kappa shape index (κ3) is 5.51. The fourth-order valence-corrected chi connectivity index (χ4v) is 4.77. The van der Waals surface area contributed by atoms with Crippen LogP contribution in [0.1, 0.15) is 25.7 Å². The van der Waals surface area contributed by atoms with Gasteiger partial charge in [-0.3, -0.25) is 9.69 Å². The van der Waals surface area contributed by atoms with Crippen LogP contribution in [0.25, 0.3) is 0 Å². The van der Waals surface area contributed by atoms with Crippen molar-refractivity contribution in [3.8, 4) is 5.75 Å². The molecule has 3 fully saturated rings. The molecule has 176 valence electrons. The lowest BCUT2D eigenvalue weighted by Crippen LogP contribution is -2.52. The lowest BCUT2D eigenvalue weighted by molar-refractivity contribution is -0.119. The summed E-state index contributed by atoms with van der Waals surface area (Å²) in [5.74, 6) is 1.12. The molecule has 0 saturated carbocycles. The van der Waals surface area contributed by atoms with Crippen LogP contribution >= 0.6 is 0 Å². The Morgan fingerprint density at radius 3 is 2.75 bits per heavy atom. The van der Waals surface area contributed by atoms with Crippen LogP contribution in [0.3, 0.4) is 0 Å². The molecule has 2 atom stereocenters. The molecule has 3 aliphatic rings. The zero-order valence-electron chi connectivity index (χ0n) is 18.8. The molecule has 3 aliphatic heterocycles. The van der Waals surface area contributed by atoms with Crippen molar-refractivity contribution in [3.05, 3.63) is 18.2 Å². The van der Waals surface area contributed by atoms with E-state index in [2.05, 4.69) is 15.5 Å². The molecule has 9 heteroatoms. The van der Waals surface area contributed by atoms with E-state index in [9.17, 15) is 9.59 Å². The second kappa shape index (κ2) is 11.0. The van der Waals surface area contributed by atoms with E-state index in [0.29, 0.717) is 42.6 Å². The Balaban J connectivity index is 1.39. The number of morpholine rings is 1. The predicted octanol–water partition coefficient (Wildman–Crippen LogP) is 2.07. The summed E-state index contributed by atoms with van der Waals surface area (Å²) < 4.78 is 16.6. The summed E-state index contributed by atoms with van der Waals surface area (Å²) >= 11 is 0. The highest BCUT2D eigenvalue weighted by Crippen LogP contribution is 2.33. The number of nitrogens with one attached hydrogen (secondary N) is 2. The maximum Gasteiger partial charge on any atom is 0.319 e. The number of carbonyl (C=O) groups excluding carboxylic acids is 2. The van der Waals surface area contributed by atoms with E-state index in [-0.39, 0.29) is 18.0 Å². The van der Waals surface area contributed by atoms with Crippen LogP contribution in [0.4, 0.5) is 16.2 Å². The number of amides is 3. The molecule has 0 radical (unpaired) electrons. The standard InChI is InChI=1S/C23H34N4O5/c1-30-21-6-5-18(14-19(21)27-8-3-2-4-22(27)28)25-23(29)24-15-20(17-7-11-32-16-17)26-9-12-31-13-10-26/h5-6,14,17,20H,2-4,7-13,15-16H2,1H3,(H2,24,25,29)/t17-,20+/m0/s1. The van der Waals surface area contributed by atoms with Gasteiger partial charge in [0.25, 0.3) is 0 Å². The van der Waals surface area contributed by atoms with Gasteiger partial charge in [-0.15, -0.1) is 0 Å². The van der Waals surface area contributed by atoms with Gasteiger partial charge < -0.3 is 29.7 Å². The van der Waals surface area contributed by atoms with Gasteiger partial charge in [0.1, 0.15) is 5.75 Å². The Hall–Kier alpha value is -2.36. The molecule has 3 heterocycles. The fourth-order valence-electron chi connectivity index (χ4n) is 4.77. The van der Waals surface area contributed by atoms with Crippen LogP contribution < -0.4 is 20.3 Å². The average Bonchev–Trinajstić information content (AvgIpc) is 3.35. The number of rotatable bonds is 7. The van der Waals surface area contributed by atoms with Gasteiger partial charge in [0.2, 0.25) is 5.91 Å². The molecule has 0 aliphatic carbocycles. The Bertz CT molecular complexity index is 793. The highest BCUT2D eigenvalue weighted by molar-refractivity contribution is 5.97. The van der Waals surface area contributed by atoms with Crippen molar-refractivity contribution in [1.29, 1.82) is 0 Å². The van der Waals surface area contributed by atoms with Crippen LogP contribution in [0.15, 0.2) is 18.2 Å². The number of ether oxygens (including phenoxy) is 3. The van der Waals surface area contributed by atoms with Crippen LogP contribution in [0.2, 0.25) is 0 Å². The molecule has 0 unspecified atom stereocenters. The monoisotopic (exact) mass is 446 g/mol. The number of urea groups is 1. The minimum atomic E-state index is -0.261. The van der Waals surface area contributed by atoms with E-state index < -0.39 is 0 Å². The van der Waals surface area contributed by atoms with Crippen LogP contribution in [-0.4, -0.2) is 82.6 Å². The van der Waals surface area contributed by atoms with Crippen molar-refractivity contribution in [2.24, 2.45) is 5.92 Å². The number of hydrogen-bond donors (Lipinski definition) is 2.